The second kappa shape index (κ2) is 3.61. The zero-order valence-electron chi connectivity index (χ0n) is 8.39. The van der Waals surface area contributed by atoms with E-state index in [1.54, 1.807) is 13.0 Å². The number of hydrogen-bond donors (Lipinski definition) is 1. The minimum Gasteiger partial charge on any atom is -0.508 e. The Morgan fingerprint density at radius 1 is 1.27 bits per heavy atom. The van der Waals surface area contributed by atoms with Crippen LogP contribution in [-0.4, -0.2) is 22.4 Å². The number of hydrogen-bond acceptors (Lipinski definition) is 5. The van der Waals surface area contributed by atoms with Crippen LogP contribution in [0.25, 0.3) is 11.5 Å². The molecule has 78 valence electrons. The average molecular weight is 206 g/mol. The van der Waals surface area contributed by atoms with Crippen LogP contribution < -0.4 is 4.74 Å². The van der Waals surface area contributed by atoms with Gasteiger partial charge in [0, 0.05) is 18.6 Å². The molecular formula is C10H10N2O3. The molecule has 0 aliphatic carbocycles. The maximum atomic E-state index is 9.42. The van der Waals surface area contributed by atoms with Crippen LogP contribution >= 0.6 is 0 Å². The summed E-state index contributed by atoms with van der Waals surface area (Å²) < 4.78 is 10.2. The number of methoxy groups -OCH3 is 1. The van der Waals surface area contributed by atoms with E-state index in [1.807, 2.05) is 0 Å². The van der Waals surface area contributed by atoms with Gasteiger partial charge in [0.1, 0.15) is 11.5 Å². The molecule has 0 bridgehead atoms. The number of aromatic hydroxyl groups is 1. The summed E-state index contributed by atoms with van der Waals surface area (Å²) in [5, 5.41) is 17.0. The van der Waals surface area contributed by atoms with E-state index in [1.165, 1.54) is 19.2 Å². The third kappa shape index (κ3) is 1.90. The summed E-state index contributed by atoms with van der Waals surface area (Å²) in [5.41, 5.74) is 0.632. The highest BCUT2D eigenvalue weighted by molar-refractivity contribution is 5.58. The van der Waals surface area contributed by atoms with Gasteiger partial charge in [-0.3, -0.25) is 0 Å². The molecule has 0 atom stereocenters. The van der Waals surface area contributed by atoms with Crippen LogP contribution in [0.2, 0.25) is 0 Å². The molecule has 15 heavy (non-hydrogen) atoms. The van der Waals surface area contributed by atoms with Crippen molar-refractivity contribution in [1.82, 2.24) is 10.2 Å². The van der Waals surface area contributed by atoms with Crippen LogP contribution in [0.4, 0.5) is 0 Å². The summed E-state index contributed by atoms with van der Waals surface area (Å²) in [4.78, 5) is 0. The molecule has 0 spiro atoms. The van der Waals surface area contributed by atoms with Crippen LogP contribution in [-0.2, 0) is 0 Å². The average Bonchev–Trinajstić information content (AvgIpc) is 2.64. The summed E-state index contributed by atoms with van der Waals surface area (Å²) in [6.45, 7) is 1.70. The fraction of sp³-hybridized carbons (Fsp3) is 0.200. The lowest BCUT2D eigenvalue weighted by Crippen LogP contribution is -1.84. The topological polar surface area (TPSA) is 68.4 Å². The van der Waals surface area contributed by atoms with Crippen molar-refractivity contribution in [2.45, 2.75) is 6.92 Å². The number of aryl methyl sites for hydroxylation is 1. The van der Waals surface area contributed by atoms with Crippen molar-refractivity contribution in [2.24, 2.45) is 0 Å². The molecule has 2 aromatic rings. The van der Waals surface area contributed by atoms with Gasteiger partial charge in [-0.15, -0.1) is 10.2 Å². The zero-order chi connectivity index (χ0) is 10.8. The lowest BCUT2D eigenvalue weighted by Gasteiger charge is -2.02. The highest BCUT2D eigenvalue weighted by Crippen LogP contribution is 2.28. The van der Waals surface area contributed by atoms with Crippen LogP contribution in [0, 0.1) is 6.92 Å². The van der Waals surface area contributed by atoms with E-state index < -0.39 is 0 Å². The predicted octanol–water partition coefficient (Wildman–Crippen LogP) is 1.76. The first-order chi connectivity index (χ1) is 7.19. The summed E-state index contributed by atoms with van der Waals surface area (Å²) in [7, 11) is 1.53. The van der Waals surface area contributed by atoms with Crippen LogP contribution in [0.3, 0.4) is 0 Å². The number of ether oxygens (including phenoxy) is 1. The molecule has 0 radical (unpaired) electrons. The van der Waals surface area contributed by atoms with Crippen molar-refractivity contribution in [3.05, 3.63) is 24.1 Å². The molecular weight excluding hydrogens is 196 g/mol. The van der Waals surface area contributed by atoms with Gasteiger partial charge >= 0.3 is 0 Å². The normalized spacial score (nSPS) is 10.3. The molecule has 1 aromatic carbocycles. The predicted molar refractivity (Wildman–Crippen MR) is 52.7 cm³/mol. The molecule has 0 fully saturated rings. The Kier molecular flexibility index (Phi) is 2.29. The van der Waals surface area contributed by atoms with E-state index in [0.717, 1.165) is 0 Å². The maximum Gasteiger partial charge on any atom is 0.247 e. The number of rotatable bonds is 2. The molecule has 0 aliphatic heterocycles. The highest BCUT2D eigenvalue weighted by atomic mass is 16.5. The Balaban J connectivity index is 2.48. The van der Waals surface area contributed by atoms with Gasteiger partial charge in [-0.25, -0.2) is 0 Å². The quantitative estimate of drug-likeness (QED) is 0.810. The van der Waals surface area contributed by atoms with Crippen molar-refractivity contribution < 1.29 is 14.3 Å². The number of aromatic nitrogens is 2. The van der Waals surface area contributed by atoms with Gasteiger partial charge in [0.05, 0.1) is 7.11 Å². The summed E-state index contributed by atoms with van der Waals surface area (Å²) in [6.07, 6.45) is 0. The Morgan fingerprint density at radius 3 is 2.67 bits per heavy atom. The van der Waals surface area contributed by atoms with Gasteiger partial charge in [-0.2, -0.15) is 0 Å². The van der Waals surface area contributed by atoms with Crippen molar-refractivity contribution in [3.8, 4) is 23.0 Å². The van der Waals surface area contributed by atoms with E-state index in [4.69, 9.17) is 9.15 Å². The van der Waals surface area contributed by atoms with E-state index in [9.17, 15) is 5.11 Å². The summed E-state index contributed by atoms with van der Waals surface area (Å²) in [6, 6.07) is 4.76. The fourth-order valence-corrected chi connectivity index (χ4v) is 1.24. The highest BCUT2D eigenvalue weighted by Gasteiger charge is 2.08. The summed E-state index contributed by atoms with van der Waals surface area (Å²) in [5.74, 6) is 1.48. The molecule has 1 aromatic heterocycles. The van der Waals surface area contributed by atoms with E-state index >= 15 is 0 Å². The largest absolute Gasteiger partial charge is 0.508 e. The molecule has 0 aliphatic rings. The SMILES string of the molecule is COc1cc(O)cc(-c2nnc(C)o2)c1. The third-order valence-electron chi connectivity index (χ3n) is 1.90. The first-order valence-corrected chi connectivity index (χ1v) is 4.37. The number of phenolic OH excluding ortho intramolecular Hbond substituents is 1. The molecule has 1 heterocycles. The molecule has 2 rings (SSSR count). The van der Waals surface area contributed by atoms with Gasteiger partial charge in [0.15, 0.2) is 0 Å². The molecule has 5 heteroatoms. The minimum atomic E-state index is 0.0974. The van der Waals surface area contributed by atoms with E-state index in [-0.39, 0.29) is 5.75 Å². The second-order valence-electron chi connectivity index (χ2n) is 3.05. The first kappa shape index (κ1) is 9.51. The Bertz CT molecular complexity index is 479. The number of nitrogens with zero attached hydrogens (tertiary/aromatic N) is 2. The fourth-order valence-electron chi connectivity index (χ4n) is 1.24. The van der Waals surface area contributed by atoms with Crippen LogP contribution in [0.1, 0.15) is 5.89 Å². The second-order valence-corrected chi connectivity index (χ2v) is 3.05. The van der Waals surface area contributed by atoms with Gasteiger partial charge in [-0.1, -0.05) is 0 Å². The Morgan fingerprint density at radius 2 is 2.07 bits per heavy atom. The van der Waals surface area contributed by atoms with Gasteiger partial charge in [0.25, 0.3) is 0 Å². The Labute approximate surface area is 86.3 Å². The third-order valence-corrected chi connectivity index (χ3v) is 1.90. The van der Waals surface area contributed by atoms with Crippen molar-refractivity contribution in [2.75, 3.05) is 7.11 Å². The zero-order valence-corrected chi connectivity index (χ0v) is 8.39. The molecule has 0 saturated carbocycles. The van der Waals surface area contributed by atoms with Crippen molar-refractivity contribution in [1.29, 1.82) is 0 Å². The smallest absolute Gasteiger partial charge is 0.247 e. The van der Waals surface area contributed by atoms with Gasteiger partial charge in [-0.05, 0) is 12.1 Å². The molecule has 0 unspecified atom stereocenters. The van der Waals surface area contributed by atoms with E-state index in [2.05, 4.69) is 10.2 Å². The van der Waals surface area contributed by atoms with Crippen molar-refractivity contribution in [3.63, 3.8) is 0 Å². The van der Waals surface area contributed by atoms with Gasteiger partial charge < -0.3 is 14.3 Å². The lowest BCUT2D eigenvalue weighted by atomic mass is 10.2. The number of phenols is 1. The molecule has 5 nitrogen and oxygen atoms in total. The van der Waals surface area contributed by atoms with Crippen LogP contribution in [0.15, 0.2) is 22.6 Å². The summed E-state index contributed by atoms with van der Waals surface area (Å²) >= 11 is 0. The van der Waals surface area contributed by atoms with Crippen molar-refractivity contribution >= 4 is 0 Å². The number of benzene rings is 1. The molecule has 0 saturated heterocycles. The standard InChI is InChI=1S/C10H10N2O3/c1-6-11-12-10(15-6)7-3-8(13)5-9(4-7)14-2/h3-5,13H,1-2H3. The maximum absolute atomic E-state index is 9.42. The monoisotopic (exact) mass is 206 g/mol. The first-order valence-electron chi connectivity index (χ1n) is 4.37. The van der Waals surface area contributed by atoms with Crippen LogP contribution in [0.5, 0.6) is 11.5 Å². The lowest BCUT2D eigenvalue weighted by molar-refractivity contribution is 0.407. The van der Waals surface area contributed by atoms with Gasteiger partial charge in [0.2, 0.25) is 11.8 Å². The molecule has 1 N–H and O–H groups in total. The minimum absolute atomic E-state index is 0.0974. The van der Waals surface area contributed by atoms with E-state index in [0.29, 0.717) is 23.1 Å². The Hall–Kier alpha value is -2.04. The molecule has 0 amide bonds.